The maximum absolute atomic E-state index is 12.0. The van der Waals surface area contributed by atoms with Crippen molar-refractivity contribution >= 4 is 17.8 Å². The first-order valence-corrected chi connectivity index (χ1v) is 7.76. The van der Waals surface area contributed by atoms with Gasteiger partial charge >= 0.3 is 12.0 Å². The molecule has 2 aromatic rings. The van der Waals surface area contributed by atoms with Gasteiger partial charge in [-0.3, -0.25) is 10.00 Å². The number of carboxylic acids is 1. The summed E-state index contributed by atoms with van der Waals surface area (Å²) in [5.41, 5.74) is 1.83. The van der Waals surface area contributed by atoms with Gasteiger partial charge in [0.05, 0.1) is 5.69 Å². The largest absolute Gasteiger partial charge is 0.480 e. The molecular weight excluding hydrogens is 308 g/mol. The number of aryl methyl sites for hydroxylation is 1. The topological polar surface area (TPSA) is 96.3 Å². The van der Waals surface area contributed by atoms with Crippen LogP contribution in [0.15, 0.2) is 36.4 Å². The Balaban J connectivity index is 2.06. The highest BCUT2D eigenvalue weighted by molar-refractivity contribution is 5.92. The first-order valence-electron chi connectivity index (χ1n) is 7.76. The fourth-order valence-electron chi connectivity index (χ4n) is 2.41. The molecule has 0 saturated carbocycles. The molecule has 3 N–H and O–H groups in total. The molecule has 1 unspecified atom stereocenters. The third kappa shape index (κ3) is 4.58. The van der Waals surface area contributed by atoms with E-state index in [9.17, 15) is 14.7 Å². The Labute approximate surface area is 140 Å². The van der Waals surface area contributed by atoms with Crippen LogP contribution in [0.4, 0.5) is 10.6 Å². The number of amides is 2. The maximum Gasteiger partial charge on any atom is 0.326 e. The normalized spacial score (nSPS) is 12.0. The second-order valence-corrected chi connectivity index (χ2v) is 6.02. The number of carboxylic acid groups (broad SMARTS) is 1. The van der Waals surface area contributed by atoms with Gasteiger partial charge in [0, 0.05) is 13.1 Å². The summed E-state index contributed by atoms with van der Waals surface area (Å²) in [5.74, 6) is -0.529. The summed E-state index contributed by atoms with van der Waals surface area (Å²) in [6.45, 7) is 3.81. The zero-order chi connectivity index (χ0) is 17.7. The first kappa shape index (κ1) is 17.5. The molecule has 1 atom stereocenters. The van der Waals surface area contributed by atoms with Crippen molar-refractivity contribution in [2.24, 2.45) is 13.0 Å². The van der Waals surface area contributed by atoms with Crippen molar-refractivity contribution in [3.8, 4) is 11.3 Å². The van der Waals surface area contributed by atoms with E-state index in [0.29, 0.717) is 12.2 Å². The van der Waals surface area contributed by atoms with Crippen molar-refractivity contribution in [1.82, 2.24) is 15.1 Å². The smallest absolute Gasteiger partial charge is 0.326 e. The molecule has 7 nitrogen and oxygen atoms in total. The third-order valence-electron chi connectivity index (χ3n) is 3.50. The zero-order valence-electron chi connectivity index (χ0n) is 14.0. The summed E-state index contributed by atoms with van der Waals surface area (Å²) < 4.78 is 1.66. The highest BCUT2D eigenvalue weighted by Crippen LogP contribution is 2.21. The Morgan fingerprint density at radius 3 is 2.50 bits per heavy atom. The predicted molar refractivity (Wildman–Crippen MR) is 91.7 cm³/mol. The lowest BCUT2D eigenvalue weighted by atomic mass is 10.0. The van der Waals surface area contributed by atoms with Crippen molar-refractivity contribution in [2.45, 2.75) is 26.3 Å². The molecule has 2 rings (SSSR count). The SMILES string of the molecule is CC(C)CC(NC(=O)Nc1cc(-c2ccccc2)n(C)n1)C(=O)O. The van der Waals surface area contributed by atoms with Crippen molar-refractivity contribution in [2.75, 3.05) is 5.32 Å². The minimum absolute atomic E-state index is 0.158. The van der Waals surface area contributed by atoms with Gasteiger partial charge in [0.2, 0.25) is 0 Å². The standard InChI is InChI=1S/C17H22N4O3/c1-11(2)9-13(16(22)23)18-17(24)19-15-10-14(21(3)20-15)12-7-5-4-6-8-12/h4-8,10-11,13H,9H2,1-3H3,(H,22,23)(H2,18,19,20,24). The molecule has 0 bridgehead atoms. The summed E-state index contributed by atoms with van der Waals surface area (Å²) in [6, 6.07) is 9.90. The van der Waals surface area contributed by atoms with Gasteiger partial charge in [-0.15, -0.1) is 0 Å². The van der Waals surface area contributed by atoms with E-state index in [2.05, 4.69) is 15.7 Å². The molecule has 1 heterocycles. The number of anilines is 1. The molecule has 24 heavy (non-hydrogen) atoms. The van der Waals surface area contributed by atoms with Crippen LogP contribution >= 0.6 is 0 Å². The molecule has 128 valence electrons. The van der Waals surface area contributed by atoms with Crippen molar-refractivity contribution in [3.63, 3.8) is 0 Å². The molecule has 0 fully saturated rings. The van der Waals surface area contributed by atoms with E-state index in [4.69, 9.17) is 0 Å². The molecule has 0 aliphatic carbocycles. The maximum atomic E-state index is 12.0. The predicted octanol–water partition coefficient (Wildman–Crippen LogP) is 2.71. The van der Waals surface area contributed by atoms with Crippen LogP contribution < -0.4 is 10.6 Å². The Morgan fingerprint density at radius 2 is 1.92 bits per heavy atom. The van der Waals surface area contributed by atoms with Crippen LogP contribution in [0.2, 0.25) is 0 Å². The molecule has 0 saturated heterocycles. The number of benzene rings is 1. The van der Waals surface area contributed by atoms with Gasteiger partial charge in [0.15, 0.2) is 5.82 Å². The zero-order valence-corrected chi connectivity index (χ0v) is 14.0. The number of aromatic nitrogens is 2. The van der Waals surface area contributed by atoms with Gasteiger partial charge in [0.1, 0.15) is 6.04 Å². The van der Waals surface area contributed by atoms with Gasteiger partial charge < -0.3 is 10.4 Å². The van der Waals surface area contributed by atoms with E-state index >= 15 is 0 Å². The molecule has 1 aromatic carbocycles. The Kier molecular flexibility index (Phi) is 5.57. The van der Waals surface area contributed by atoms with Crippen LogP contribution in [0.3, 0.4) is 0 Å². The number of hydrogen-bond acceptors (Lipinski definition) is 3. The number of carbonyl (C=O) groups is 2. The lowest BCUT2D eigenvalue weighted by Crippen LogP contribution is -2.43. The van der Waals surface area contributed by atoms with E-state index in [1.165, 1.54) is 0 Å². The summed E-state index contributed by atoms with van der Waals surface area (Å²) in [6.07, 6.45) is 0.361. The van der Waals surface area contributed by atoms with Crippen LogP contribution in [0, 0.1) is 5.92 Å². The second kappa shape index (κ2) is 7.63. The molecule has 0 radical (unpaired) electrons. The Hall–Kier alpha value is -2.83. The number of hydrogen-bond donors (Lipinski definition) is 3. The van der Waals surface area contributed by atoms with E-state index in [0.717, 1.165) is 11.3 Å². The van der Waals surface area contributed by atoms with Crippen molar-refractivity contribution < 1.29 is 14.7 Å². The van der Waals surface area contributed by atoms with Crippen LogP contribution in [-0.4, -0.2) is 32.9 Å². The van der Waals surface area contributed by atoms with Crippen LogP contribution in [0.5, 0.6) is 0 Å². The molecular formula is C17H22N4O3. The lowest BCUT2D eigenvalue weighted by Gasteiger charge is -2.16. The second-order valence-electron chi connectivity index (χ2n) is 6.02. The highest BCUT2D eigenvalue weighted by atomic mass is 16.4. The average molecular weight is 330 g/mol. The molecule has 0 aliphatic heterocycles. The van der Waals surface area contributed by atoms with Gasteiger partial charge in [-0.25, -0.2) is 9.59 Å². The van der Waals surface area contributed by atoms with E-state index in [1.54, 1.807) is 17.8 Å². The minimum Gasteiger partial charge on any atom is -0.480 e. The number of carbonyl (C=O) groups excluding carboxylic acids is 1. The quantitative estimate of drug-likeness (QED) is 0.759. The molecule has 2 amide bonds. The average Bonchev–Trinajstić information content (AvgIpc) is 2.87. The van der Waals surface area contributed by atoms with E-state index < -0.39 is 18.0 Å². The molecule has 1 aromatic heterocycles. The summed E-state index contributed by atoms with van der Waals surface area (Å²) in [4.78, 5) is 23.2. The summed E-state index contributed by atoms with van der Waals surface area (Å²) >= 11 is 0. The van der Waals surface area contributed by atoms with E-state index in [-0.39, 0.29) is 5.92 Å². The third-order valence-corrected chi connectivity index (χ3v) is 3.50. The van der Waals surface area contributed by atoms with Gasteiger partial charge in [-0.05, 0) is 17.9 Å². The Bertz CT molecular complexity index is 710. The highest BCUT2D eigenvalue weighted by Gasteiger charge is 2.21. The van der Waals surface area contributed by atoms with E-state index in [1.807, 2.05) is 44.2 Å². The van der Waals surface area contributed by atoms with Crippen LogP contribution in [-0.2, 0) is 11.8 Å². The van der Waals surface area contributed by atoms with Gasteiger partial charge in [-0.1, -0.05) is 44.2 Å². The number of aliphatic carboxylic acids is 1. The fourth-order valence-corrected chi connectivity index (χ4v) is 2.41. The van der Waals surface area contributed by atoms with Crippen LogP contribution in [0.25, 0.3) is 11.3 Å². The van der Waals surface area contributed by atoms with Gasteiger partial charge in [0.25, 0.3) is 0 Å². The molecule has 0 aliphatic rings. The summed E-state index contributed by atoms with van der Waals surface area (Å²) in [7, 11) is 1.78. The van der Waals surface area contributed by atoms with Crippen molar-refractivity contribution in [3.05, 3.63) is 36.4 Å². The van der Waals surface area contributed by atoms with Crippen molar-refractivity contribution in [1.29, 1.82) is 0 Å². The number of nitrogens with one attached hydrogen (secondary N) is 2. The monoisotopic (exact) mass is 330 g/mol. The number of nitrogens with zero attached hydrogens (tertiary/aromatic N) is 2. The number of rotatable bonds is 6. The van der Waals surface area contributed by atoms with Crippen LogP contribution in [0.1, 0.15) is 20.3 Å². The first-order chi connectivity index (χ1) is 11.4. The fraction of sp³-hybridized carbons (Fsp3) is 0.353. The minimum atomic E-state index is -1.05. The van der Waals surface area contributed by atoms with Gasteiger partial charge in [-0.2, -0.15) is 5.10 Å². The lowest BCUT2D eigenvalue weighted by molar-refractivity contribution is -0.139. The summed E-state index contributed by atoms with van der Waals surface area (Å²) in [5, 5.41) is 18.5. The number of urea groups is 1. The molecule has 0 spiro atoms. The molecule has 7 heteroatoms. The Morgan fingerprint density at radius 1 is 1.25 bits per heavy atom.